The second-order valence-corrected chi connectivity index (χ2v) is 5.13. The highest BCUT2D eigenvalue weighted by molar-refractivity contribution is 5.87. The fraction of sp³-hybridized carbons (Fsp3) is 0.833. The minimum Gasteiger partial charge on any atom is -0.480 e. The Morgan fingerprint density at radius 1 is 1.28 bits per heavy atom. The fourth-order valence-corrected chi connectivity index (χ4v) is 1.94. The number of urea groups is 1. The van der Waals surface area contributed by atoms with Gasteiger partial charge in [-0.2, -0.15) is 0 Å². The zero-order valence-electron chi connectivity index (χ0n) is 11.2. The molecule has 0 aromatic rings. The van der Waals surface area contributed by atoms with Crippen LogP contribution in [-0.4, -0.2) is 54.7 Å². The smallest absolute Gasteiger partial charge is 0.329 e. The molecule has 0 aromatic heterocycles. The Bertz CT molecular complexity index is 301. The van der Waals surface area contributed by atoms with Crippen molar-refractivity contribution in [1.82, 2.24) is 15.5 Å². The van der Waals surface area contributed by atoms with Crippen LogP contribution in [0.4, 0.5) is 4.79 Å². The van der Waals surface area contributed by atoms with Crippen LogP contribution >= 0.6 is 0 Å². The van der Waals surface area contributed by atoms with Crippen molar-refractivity contribution >= 4 is 12.0 Å². The molecule has 0 spiro atoms. The number of amides is 2. The van der Waals surface area contributed by atoms with Crippen molar-refractivity contribution in [2.24, 2.45) is 0 Å². The van der Waals surface area contributed by atoms with Crippen molar-refractivity contribution in [2.75, 3.05) is 27.2 Å². The van der Waals surface area contributed by atoms with Crippen molar-refractivity contribution in [3.8, 4) is 0 Å². The Hall–Kier alpha value is -1.30. The number of nitrogens with zero attached hydrogens (tertiary/aromatic N) is 1. The van der Waals surface area contributed by atoms with E-state index in [-0.39, 0.29) is 6.03 Å². The van der Waals surface area contributed by atoms with E-state index in [1.165, 1.54) is 0 Å². The van der Waals surface area contributed by atoms with E-state index in [1.54, 1.807) is 0 Å². The van der Waals surface area contributed by atoms with Crippen LogP contribution in [0.1, 0.15) is 32.1 Å². The molecule has 1 aliphatic rings. The lowest BCUT2D eigenvalue weighted by Gasteiger charge is -2.38. The summed E-state index contributed by atoms with van der Waals surface area (Å²) in [6.07, 6.45) is 3.81. The molecule has 18 heavy (non-hydrogen) atoms. The van der Waals surface area contributed by atoms with Crippen LogP contribution in [0, 0.1) is 0 Å². The molecule has 0 aromatic carbocycles. The number of rotatable bonds is 7. The van der Waals surface area contributed by atoms with Gasteiger partial charge in [-0.05, 0) is 52.7 Å². The van der Waals surface area contributed by atoms with Gasteiger partial charge in [0, 0.05) is 6.54 Å². The van der Waals surface area contributed by atoms with Crippen molar-refractivity contribution in [2.45, 2.75) is 37.6 Å². The standard InChI is InChI=1S/C12H23N3O3/c1-15(2)9-4-3-8-13-11(18)14-12(10(16)17)6-5-7-12/h3-9H2,1-2H3,(H,16,17)(H2,13,14,18). The molecular weight excluding hydrogens is 234 g/mol. The van der Waals surface area contributed by atoms with Gasteiger partial charge in [0.15, 0.2) is 0 Å². The van der Waals surface area contributed by atoms with Gasteiger partial charge in [0.05, 0.1) is 0 Å². The highest BCUT2D eigenvalue weighted by atomic mass is 16.4. The van der Waals surface area contributed by atoms with Gasteiger partial charge < -0.3 is 20.6 Å². The third-order valence-electron chi connectivity index (χ3n) is 3.29. The number of aliphatic carboxylic acids is 1. The SMILES string of the molecule is CN(C)CCCCNC(=O)NC1(C(=O)O)CCC1. The van der Waals surface area contributed by atoms with Crippen LogP contribution in [0.15, 0.2) is 0 Å². The summed E-state index contributed by atoms with van der Waals surface area (Å²) in [5.74, 6) is -0.934. The summed E-state index contributed by atoms with van der Waals surface area (Å²) in [6.45, 7) is 1.57. The average Bonchev–Trinajstić information content (AvgIpc) is 2.22. The van der Waals surface area contributed by atoms with Gasteiger partial charge in [0.1, 0.15) is 5.54 Å². The van der Waals surface area contributed by atoms with Gasteiger partial charge in [-0.25, -0.2) is 9.59 Å². The Labute approximate surface area is 108 Å². The molecule has 1 aliphatic carbocycles. The molecule has 0 aliphatic heterocycles. The van der Waals surface area contributed by atoms with Crippen molar-refractivity contribution < 1.29 is 14.7 Å². The zero-order valence-corrected chi connectivity index (χ0v) is 11.2. The number of hydrogen-bond acceptors (Lipinski definition) is 3. The van der Waals surface area contributed by atoms with Crippen LogP contribution in [-0.2, 0) is 4.79 Å². The van der Waals surface area contributed by atoms with Crippen molar-refractivity contribution in [3.63, 3.8) is 0 Å². The molecule has 104 valence electrons. The molecule has 6 nitrogen and oxygen atoms in total. The van der Waals surface area contributed by atoms with E-state index in [0.717, 1.165) is 25.8 Å². The second kappa shape index (κ2) is 6.58. The molecule has 0 heterocycles. The average molecular weight is 257 g/mol. The van der Waals surface area contributed by atoms with Crippen LogP contribution in [0.5, 0.6) is 0 Å². The van der Waals surface area contributed by atoms with Crippen molar-refractivity contribution in [3.05, 3.63) is 0 Å². The Morgan fingerprint density at radius 3 is 2.39 bits per heavy atom. The predicted octanol–water partition coefficient (Wildman–Crippen LogP) is 0.635. The number of hydrogen-bond donors (Lipinski definition) is 3. The van der Waals surface area contributed by atoms with Gasteiger partial charge in [-0.15, -0.1) is 0 Å². The van der Waals surface area contributed by atoms with Crippen LogP contribution in [0.3, 0.4) is 0 Å². The summed E-state index contributed by atoms with van der Waals surface area (Å²) in [6, 6.07) is -0.373. The highest BCUT2D eigenvalue weighted by Crippen LogP contribution is 2.31. The van der Waals surface area contributed by atoms with Gasteiger partial charge >= 0.3 is 12.0 Å². The summed E-state index contributed by atoms with van der Waals surface area (Å²) in [4.78, 5) is 24.7. The normalized spacial score (nSPS) is 17.1. The Morgan fingerprint density at radius 2 is 1.94 bits per heavy atom. The van der Waals surface area contributed by atoms with E-state index in [2.05, 4.69) is 15.5 Å². The molecule has 0 bridgehead atoms. The predicted molar refractivity (Wildman–Crippen MR) is 68.5 cm³/mol. The molecule has 1 rings (SSSR count). The maximum atomic E-state index is 11.6. The van der Waals surface area contributed by atoms with E-state index in [4.69, 9.17) is 5.11 Å². The summed E-state index contributed by atoms with van der Waals surface area (Å²) >= 11 is 0. The second-order valence-electron chi connectivity index (χ2n) is 5.13. The van der Waals surface area contributed by atoms with Gasteiger partial charge in [0.2, 0.25) is 0 Å². The first-order chi connectivity index (χ1) is 8.46. The van der Waals surface area contributed by atoms with E-state index in [0.29, 0.717) is 19.4 Å². The molecule has 0 unspecified atom stereocenters. The molecule has 1 fully saturated rings. The molecule has 0 atom stereocenters. The lowest BCUT2D eigenvalue weighted by atomic mass is 9.77. The lowest BCUT2D eigenvalue weighted by molar-refractivity contribution is -0.148. The first kappa shape index (κ1) is 14.8. The quantitative estimate of drug-likeness (QED) is 0.584. The van der Waals surface area contributed by atoms with Crippen LogP contribution in [0.25, 0.3) is 0 Å². The molecule has 0 saturated heterocycles. The first-order valence-corrected chi connectivity index (χ1v) is 6.40. The number of carboxylic acid groups (broad SMARTS) is 1. The zero-order chi connectivity index (χ0) is 13.6. The van der Waals surface area contributed by atoms with E-state index < -0.39 is 11.5 Å². The van der Waals surface area contributed by atoms with E-state index in [1.807, 2.05) is 14.1 Å². The molecule has 0 radical (unpaired) electrons. The number of unbranched alkanes of at least 4 members (excludes halogenated alkanes) is 1. The number of carboxylic acids is 1. The van der Waals surface area contributed by atoms with Crippen LogP contribution in [0.2, 0.25) is 0 Å². The largest absolute Gasteiger partial charge is 0.480 e. The summed E-state index contributed by atoms with van der Waals surface area (Å²) < 4.78 is 0. The first-order valence-electron chi connectivity index (χ1n) is 6.40. The third kappa shape index (κ3) is 4.18. The molecule has 6 heteroatoms. The minimum absolute atomic E-state index is 0.373. The highest BCUT2D eigenvalue weighted by Gasteiger charge is 2.45. The number of carbonyl (C=O) groups excluding carboxylic acids is 1. The maximum absolute atomic E-state index is 11.6. The van der Waals surface area contributed by atoms with Gasteiger partial charge in [0.25, 0.3) is 0 Å². The van der Waals surface area contributed by atoms with E-state index in [9.17, 15) is 9.59 Å². The maximum Gasteiger partial charge on any atom is 0.329 e. The molecular formula is C12H23N3O3. The third-order valence-corrected chi connectivity index (χ3v) is 3.29. The summed E-state index contributed by atoms with van der Waals surface area (Å²) in [5.41, 5.74) is -1.02. The Kier molecular flexibility index (Phi) is 5.40. The monoisotopic (exact) mass is 257 g/mol. The van der Waals surface area contributed by atoms with Gasteiger partial charge in [-0.3, -0.25) is 0 Å². The molecule has 1 saturated carbocycles. The number of nitrogens with one attached hydrogen (secondary N) is 2. The van der Waals surface area contributed by atoms with Crippen LogP contribution < -0.4 is 10.6 Å². The van der Waals surface area contributed by atoms with E-state index >= 15 is 0 Å². The summed E-state index contributed by atoms with van der Waals surface area (Å²) in [7, 11) is 4.01. The molecule has 3 N–H and O–H groups in total. The lowest BCUT2D eigenvalue weighted by Crippen LogP contribution is -2.61. The molecule has 2 amide bonds. The van der Waals surface area contributed by atoms with Crippen molar-refractivity contribution in [1.29, 1.82) is 0 Å². The van der Waals surface area contributed by atoms with Gasteiger partial charge in [-0.1, -0.05) is 0 Å². The topological polar surface area (TPSA) is 81.7 Å². The fourth-order valence-electron chi connectivity index (χ4n) is 1.94. The Balaban J connectivity index is 2.16. The minimum atomic E-state index is -1.02. The number of carbonyl (C=O) groups is 2. The summed E-state index contributed by atoms with van der Waals surface area (Å²) in [5, 5.41) is 14.3.